The lowest BCUT2D eigenvalue weighted by atomic mass is 10.2. The van der Waals surface area contributed by atoms with Gasteiger partial charge in [0, 0.05) is 12.2 Å². The average Bonchev–Trinajstić information content (AvgIpc) is 2.74. The molecule has 0 aliphatic heterocycles. The Bertz CT molecular complexity index is 911. The zero-order valence-electron chi connectivity index (χ0n) is 16.2. The quantitative estimate of drug-likeness (QED) is 0.308. The highest BCUT2D eigenvalue weighted by atomic mass is 32.2. The van der Waals surface area contributed by atoms with Gasteiger partial charge in [0.1, 0.15) is 0 Å². The summed E-state index contributed by atoms with van der Waals surface area (Å²) in [6.45, 7) is 1.37. The molecule has 1 N–H and O–H groups in total. The highest BCUT2D eigenvalue weighted by Gasteiger charge is 1.98. The summed E-state index contributed by atoms with van der Waals surface area (Å²) in [7, 11) is -3.66. The molecule has 0 saturated carbocycles. The van der Waals surface area contributed by atoms with Crippen LogP contribution in [0.2, 0.25) is 0 Å². The van der Waals surface area contributed by atoms with Gasteiger partial charge in [0.05, 0.1) is 18.3 Å². The Morgan fingerprint density at radius 1 is 0.800 bits per heavy atom. The molecule has 0 amide bonds. The second-order valence-electron chi connectivity index (χ2n) is 5.50. The molecular weight excluding hydrogens is 408 g/mol. The smallest absolute Gasteiger partial charge is 0.335 e. The third-order valence-corrected chi connectivity index (χ3v) is 3.94. The molecule has 7 nitrogen and oxygen atoms in total. The van der Waals surface area contributed by atoms with Crippen LogP contribution in [0.3, 0.4) is 0 Å². The van der Waals surface area contributed by atoms with E-state index in [1.807, 2.05) is 60.7 Å². The van der Waals surface area contributed by atoms with Gasteiger partial charge in [-0.1, -0.05) is 60.7 Å². The lowest BCUT2D eigenvalue weighted by Crippen LogP contribution is -1.98. The fraction of sp³-hybridized carbons (Fsp3) is 0.0909. The average molecular weight is 430 g/mol. The molecule has 0 unspecified atom stereocenters. The minimum Gasteiger partial charge on any atom is -0.431 e. The summed E-state index contributed by atoms with van der Waals surface area (Å²) in [4.78, 5) is 22.9. The Kier molecular flexibility index (Phi) is 11.2. The largest absolute Gasteiger partial charge is 0.431 e. The van der Waals surface area contributed by atoms with Gasteiger partial charge in [-0.05, 0) is 30.2 Å². The fourth-order valence-corrected chi connectivity index (χ4v) is 1.70. The molecule has 0 saturated heterocycles. The van der Waals surface area contributed by atoms with Crippen molar-refractivity contribution in [2.24, 2.45) is 0 Å². The lowest BCUT2D eigenvalue weighted by Gasteiger charge is -1.95. The molecule has 0 atom stereocenters. The molecule has 2 aromatic rings. The number of carbonyl (C=O) groups is 2. The second-order valence-corrected chi connectivity index (χ2v) is 7.25. The van der Waals surface area contributed by atoms with Crippen LogP contribution in [-0.2, 0) is 29.2 Å². The Morgan fingerprint density at radius 2 is 1.13 bits per heavy atom. The maximum atomic E-state index is 11.4. The van der Waals surface area contributed by atoms with Crippen molar-refractivity contribution in [3.8, 4) is 0 Å². The standard InChI is InChI=1S/C20H16O4.C2H6O3S/c21-19(23-15-13-17-7-3-1-4-8-17)11-12-20(22)24-16-14-18-9-5-2-6-10-18;1-2-6(3,4)5/h1-16H;2H2,1H3,(H,3,4,5)/b12-11-,15-13?,16-14?;. The van der Waals surface area contributed by atoms with Crippen molar-refractivity contribution < 1.29 is 32.0 Å². The number of rotatable bonds is 7. The van der Waals surface area contributed by atoms with Crippen molar-refractivity contribution in [3.05, 3.63) is 96.5 Å². The van der Waals surface area contributed by atoms with Crippen LogP contribution in [0.15, 0.2) is 85.3 Å². The van der Waals surface area contributed by atoms with Gasteiger partial charge in [-0.2, -0.15) is 8.42 Å². The molecular formula is C22H22O7S. The first-order valence-corrected chi connectivity index (χ1v) is 10.4. The third-order valence-electron chi connectivity index (χ3n) is 3.21. The number of ether oxygens (including phenoxy) is 2. The molecule has 0 fully saturated rings. The van der Waals surface area contributed by atoms with Gasteiger partial charge in [0.2, 0.25) is 0 Å². The van der Waals surface area contributed by atoms with Crippen LogP contribution in [0.5, 0.6) is 0 Å². The van der Waals surface area contributed by atoms with Gasteiger partial charge in [0.25, 0.3) is 10.1 Å². The molecule has 0 bridgehead atoms. The molecule has 0 heterocycles. The first-order chi connectivity index (χ1) is 14.3. The van der Waals surface area contributed by atoms with Crippen molar-refractivity contribution >= 4 is 34.2 Å². The van der Waals surface area contributed by atoms with E-state index in [0.29, 0.717) is 0 Å². The van der Waals surface area contributed by atoms with E-state index >= 15 is 0 Å². The molecule has 0 radical (unpaired) electrons. The molecule has 0 spiro atoms. The predicted octanol–water partition coefficient (Wildman–Crippen LogP) is 3.86. The van der Waals surface area contributed by atoms with E-state index in [4.69, 9.17) is 14.0 Å². The van der Waals surface area contributed by atoms with Gasteiger partial charge in [-0.15, -0.1) is 0 Å². The number of esters is 2. The summed E-state index contributed by atoms with van der Waals surface area (Å²) in [5, 5.41) is 0. The molecule has 0 aliphatic rings. The molecule has 158 valence electrons. The SMILES string of the molecule is CCS(=O)(=O)O.O=C(/C=C\C(=O)OC=Cc1ccccc1)OC=Cc1ccccc1. The Labute approximate surface area is 175 Å². The normalized spacial score (nSPS) is 11.3. The van der Waals surface area contributed by atoms with Crippen LogP contribution in [0.4, 0.5) is 0 Å². The maximum Gasteiger partial charge on any atom is 0.335 e. The lowest BCUT2D eigenvalue weighted by molar-refractivity contribution is -0.135. The van der Waals surface area contributed by atoms with E-state index < -0.39 is 22.1 Å². The molecule has 0 aromatic heterocycles. The van der Waals surface area contributed by atoms with E-state index in [2.05, 4.69) is 0 Å². The summed E-state index contributed by atoms with van der Waals surface area (Å²) in [6, 6.07) is 18.8. The van der Waals surface area contributed by atoms with Crippen LogP contribution in [0.25, 0.3) is 12.2 Å². The first-order valence-electron chi connectivity index (χ1n) is 8.78. The van der Waals surface area contributed by atoms with Gasteiger partial charge in [-0.3, -0.25) is 4.55 Å². The zero-order valence-corrected chi connectivity index (χ0v) is 17.1. The number of benzene rings is 2. The van der Waals surface area contributed by atoms with Gasteiger partial charge in [-0.25, -0.2) is 9.59 Å². The minimum atomic E-state index is -3.66. The Morgan fingerprint density at radius 3 is 1.43 bits per heavy atom. The summed E-state index contributed by atoms with van der Waals surface area (Å²) in [5.74, 6) is -1.52. The summed E-state index contributed by atoms with van der Waals surface area (Å²) >= 11 is 0. The Balaban J connectivity index is 0.000000656. The predicted molar refractivity (Wildman–Crippen MR) is 114 cm³/mol. The van der Waals surface area contributed by atoms with E-state index in [0.717, 1.165) is 23.3 Å². The van der Waals surface area contributed by atoms with E-state index in [1.54, 1.807) is 12.2 Å². The summed E-state index contributed by atoms with van der Waals surface area (Å²) in [6.07, 6.45) is 7.84. The molecule has 30 heavy (non-hydrogen) atoms. The maximum absolute atomic E-state index is 11.4. The van der Waals surface area contributed by atoms with Crippen molar-refractivity contribution in [2.45, 2.75) is 6.92 Å². The number of hydrogen-bond acceptors (Lipinski definition) is 6. The summed E-state index contributed by atoms with van der Waals surface area (Å²) in [5.41, 5.74) is 1.81. The van der Waals surface area contributed by atoms with E-state index in [9.17, 15) is 18.0 Å². The van der Waals surface area contributed by atoms with Crippen LogP contribution in [0, 0.1) is 0 Å². The highest BCUT2D eigenvalue weighted by Crippen LogP contribution is 2.02. The first kappa shape index (κ1) is 24.5. The van der Waals surface area contributed by atoms with Crippen molar-refractivity contribution in [1.82, 2.24) is 0 Å². The van der Waals surface area contributed by atoms with Crippen LogP contribution in [-0.4, -0.2) is 30.7 Å². The van der Waals surface area contributed by atoms with Crippen LogP contribution in [0.1, 0.15) is 18.1 Å². The van der Waals surface area contributed by atoms with Gasteiger partial charge in [0.15, 0.2) is 0 Å². The monoisotopic (exact) mass is 430 g/mol. The van der Waals surface area contributed by atoms with Gasteiger partial charge < -0.3 is 9.47 Å². The van der Waals surface area contributed by atoms with E-state index in [1.165, 1.54) is 19.4 Å². The fourth-order valence-electron chi connectivity index (χ4n) is 1.70. The molecule has 2 aromatic carbocycles. The van der Waals surface area contributed by atoms with Crippen LogP contribution < -0.4 is 0 Å². The summed E-state index contributed by atoms with van der Waals surface area (Å²) < 4.78 is 36.6. The van der Waals surface area contributed by atoms with Crippen molar-refractivity contribution in [2.75, 3.05) is 5.75 Å². The Hall–Kier alpha value is -3.49. The van der Waals surface area contributed by atoms with Crippen molar-refractivity contribution in [3.63, 3.8) is 0 Å². The second kappa shape index (κ2) is 13.6. The van der Waals surface area contributed by atoms with Crippen LogP contribution >= 0.6 is 0 Å². The molecule has 8 heteroatoms. The topological polar surface area (TPSA) is 107 Å². The molecule has 0 aliphatic carbocycles. The minimum absolute atomic E-state index is 0.201. The molecule has 2 rings (SSSR count). The third kappa shape index (κ3) is 12.8. The number of hydrogen-bond donors (Lipinski definition) is 1. The number of carbonyl (C=O) groups excluding carboxylic acids is 2. The van der Waals surface area contributed by atoms with Gasteiger partial charge >= 0.3 is 11.9 Å². The van der Waals surface area contributed by atoms with Crippen molar-refractivity contribution in [1.29, 1.82) is 0 Å². The van der Waals surface area contributed by atoms with E-state index in [-0.39, 0.29) is 5.75 Å². The highest BCUT2D eigenvalue weighted by molar-refractivity contribution is 7.85. The zero-order chi connectivity index (χ0) is 22.2.